The predicted octanol–water partition coefficient (Wildman–Crippen LogP) is 2.94. The molecule has 2 heterocycles. The molecule has 3 rings (SSSR count). The van der Waals surface area contributed by atoms with E-state index in [1.54, 1.807) is 0 Å². The van der Waals surface area contributed by atoms with Gasteiger partial charge in [-0.2, -0.15) is 5.10 Å². The van der Waals surface area contributed by atoms with E-state index < -0.39 is 0 Å². The number of ether oxygens (including phenoxy) is 1. The zero-order valence-electron chi connectivity index (χ0n) is 16.7. The Balaban J connectivity index is 1.62. The highest BCUT2D eigenvalue weighted by Crippen LogP contribution is 2.17. The summed E-state index contributed by atoms with van der Waals surface area (Å²) in [5, 5.41) is 8.12. The lowest BCUT2D eigenvalue weighted by atomic mass is 10.1. The smallest absolute Gasteiger partial charge is 0.0678 e. The van der Waals surface area contributed by atoms with Crippen molar-refractivity contribution in [3.8, 4) is 0 Å². The van der Waals surface area contributed by atoms with E-state index in [4.69, 9.17) is 4.74 Å². The highest BCUT2D eigenvalue weighted by molar-refractivity contribution is 5.28. The van der Waals surface area contributed by atoms with Crippen molar-refractivity contribution in [1.82, 2.24) is 20.0 Å². The molecule has 1 N–H and O–H groups in total. The molecule has 0 radical (unpaired) electrons. The molecule has 5 heteroatoms. The van der Waals surface area contributed by atoms with Gasteiger partial charge in [0.2, 0.25) is 0 Å². The molecule has 0 saturated carbocycles. The van der Waals surface area contributed by atoms with E-state index in [1.165, 1.54) is 22.4 Å². The fourth-order valence-electron chi connectivity index (χ4n) is 3.93. The third-order valence-electron chi connectivity index (χ3n) is 5.28. The maximum Gasteiger partial charge on any atom is 0.0678 e. The van der Waals surface area contributed by atoms with Crippen molar-refractivity contribution < 1.29 is 4.74 Å². The van der Waals surface area contributed by atoms with Crippen LogP contribution in [0.5, 0.6) is 0 Å². The van der Waals surface area contributed by atoms with E-state index in [2.05, 4.69) is 67.3 Å². The van der Waals surface area contributed by atoms with Crippen LogP contribution < -0.4 is 5.32 Å². The topological polar surface area (TPSA) is 42.3 Å². The monoisotopic (exact) mass is 356 g/mol. The molecule has 142 valence electrons. The Morgan fingerprint density at radius 3 is 2.35 bits per heavy atom. The Labute approximate surface area is 157 Å². The Kier molecular flexibility index (Phi) is 6.12. The van der Waals surface area contributed by atoms with Crippen molar-refractivity contribution in [3.63, 3.8) is 0 Å². The van der Waals surface area contributed by atoms with Crippen molar-refractivity contribution in [2.24, 2.45) is 7.05 Å². The van der Waals surface area contributed by atoms with Crippen LogP contribution >= 0.6 is 0 Å². The maximum absolute atomic E-state index is 5.86. The first-order chi connectivity index (χ1) is 12.4. The normalized spacial score (nSPS) is 21.3. The second kappa shape index (κ2) is 8.33. The summed E-state index contributed by atoms with van der Waals surface area (Å²) in [6.07, 6.45) is 0.612. The van der Waals surface area contributed by atoms with Crippen LogP contribution in [0.4, 0.5) is 0 Å². The van der Waals surface area contributed by atoms with Crippen LogP contribution in [-0.4, -0.2) is 40.0 Å². The van der Waals surface area contributed by atoms with Gasteiger partial charge >= 0.3 is 0 Å². The van der Waals surface area contributed by atoms with Crippen molar-refractivity contribution in [2.45, 2.75) is 59.5 Å². The number of hydrogen-bond acceptors (Lipinski definition) is 4. The third-order valence-corrected chi connectivity index (χ3v) is 5.28. The number of morpholine rings is 1. The predicted molar refractivity (Wildman–Crippen MR) is 105 cm³/mol. The molecule has 0 spiro atoms. The van der Waals surface area contributed by atoms with Crippen molar-refractivity contribution >= 4 is 0 Å². The Morgan fingerprint density at radius 1 is 1.08 bits per heavy atom. The molecule has 1 aromatic carbocycles. The summed E-state index contributed by atoms with van der Waals surface area (Å²) in [6.45, 7) is 13.2. The lowest BCUT2D eigenvalue weighted by molar-refractivity contribution is -0.0705. The van der Waals surface area contributed by atoms with E-state index in [-0.39, 0.29) is 0 Å². The van der Waals surface area contributed by atoms with Crippen LogP contribution in [0.2, 0.25) is 0 Å². The molecule has 1 fully saturated rings. The van der Waals surface area contributed by atoms with Crippen LogP contribution in [0.1, 0.15) is 41.9 Å². The Hall–Kier alpha value is -1.69. The summed E-state index contributed by atoms with van der Waals surface area (Å²) in [4.78, 5) is 2.51. The van der Waals surface area contributed by atoms with Crippen LogP contribution in [0.3, 0.4) is 0 Å². The van der Waals surface area contributed by atoms with E-state index in [0.29, 0.717) is 12.2 Å². The summed E-state index contributed by atoms with van der Waals surface area (Å²) >= 11 is 0. The summed E-state index contributed by atoms with van der Waals surface area (Å²) in [6, 6.07) is 8.76. The van der Waals surface area contributed by atoms with Crippen molar-refractivity contribution in [3.05, 3.63) is 52.3 Å². The van der Waals surface area contributed by atoms with E-state index >= 15 is 0 Å². The largest absolute Gasteiger partial charge is 0.373 e. The molecule has 0 aliphatic carbocycles. The van der Waals surface area contributed by atoms with Crippen LogP contribution in [0.15, 0.2) is 24.3 Å². The number of nitrogens with one attached hydrogen (secondary N) is 1. The first kappa shape index (κ1) is 19.1. The highest BCUT2D eigenvalue weighted by atomic mass is 16.5. The molecular formula is C21H32N4O. The molecule has 1 aromatic heterocycles. The average Bonchev–Trinajstić information content (AvgIpc) is 2.81. The van der Waals surface area contributed by atoms with Gasteiger partial charge in [0.25, 0.3) is 0 Å². The van der Waals surface area contributed by atoms with Gasteiger partial charge in [-0.3, -0.25) is 9.58 Å². The molecule has 5 nitrogen and oxygen atoms in total. The summed E-state index contributed by atoms with van der Waals surface area (Å²) in [7, 11) is 2.01. The minimum absolute atomic E-state index is 0.306. The van der Waals surface area contributed by atoms with E-state index in [0.717, 1.165) is 38.4 Å². The number of aromatic nitrogens is 2. The molecule has 2 unspecified atom stereocenters. The molecule has 1 saturated heterocycles. The second-order valence-electron chi connectivity index (χ2n) is 7.60. The average molecular weight is 357 g/mol. The Bertz CT molecular complexity index is 730. The fourth-order valence-corrected chi connectivity index (χ4v) is 3.93. The third kappa shape index (κ3) is 4.53. The lowest BCUT2D eigenvalue weighted by Gasteiger charge is -2.35. The molecule has 1 aliphatic heterocycles. The molecule has 0 amide bonds. The minimum atomic E-state index is 0.306. The Morgan fingerprint density at radius 2 is 1.73 bits per heavy atom. The van der Waals surface area contributed by atoms with Crippen LogP contribution in [0, 0.1) is 13.8 Å². The van der Waals surface area contributed by atoms with Gasteiger partial charge in [-0.15, -0.1) is 0 Å². The van der Waals surface area contributed by atoms with Gasteiger partial charge < -0.3 is 10.1 Å². The van der Waals surface area contributed by atoms with Crippen LogP contribution in [-0.2, 0) is 31.4 Å². The number of rotatable bonds is 6. The summed E-state index contributed by atoms with van der Waals surface area (Å²) in [5.41, 5.74) is 6.43. The standard InChI is InChI=1S/C21H32N4O/c1-15-12-25(13-16(2)26-15)14-20-9-7-6-8-19(20)10-22-11-21-17(3)23-24(5)18(21)4/h6-9,15-16,22H,10-14H2,1-5H3. The van der Waals surface area contributed by atoms with Crippen LogP contribution in [0.25, 0.3) is 0 Å². The van der Waals surface area contributed by atoms with Gasteiger partial charge in [-0.25, -0.2) is 0 Å². The van der Waals surface area contributed by atoms with Gasteiger partial charge in [-0.05, 0) is 38.8 Å². The van der Waals surface area contributed by atoms with Gasteiger partial charge in [-0.1, -0.05) is 24.3 Å². The fraction of sp³-hybridized carbons (Fsp3) is 0.571. The first-order valence-corrected chi connectivity index (χ1v) is 9.58. The highest BCUT2D eigenvalue weighted by Gasteiger charge is 2.22. The molecule has 2 atom stereocenters. The SMILES string of the molecule is Cc1nn(C)c(C)c1CNCc1ccccc1CN1CC(C)OC(C)C1. The quantitative estimate of drug-likeness (QED) is 0.864. The number of nitrogens with zero attached hydrogens (tertiary/aromatic N) is 3. The maximum atomic E-state index is 5.86. The number of benzene rings is 1. The van der Waals surface area contributed by atoms with Gasteiger partial charge in [0.15, 0.2) is 0 Å². The van der Waals surface area contributed by atoms with Gasteiger partial charge in [0.05, 0.1) is 17.9 Å². The molecule has 1 aliphatic rings. The first-order valence-electron chi connectivity index (χ1n) is 9.58. The number of aryl methyl sites for hydroxylation is 2. The molecule has 2 aromatic rings. The zero-order chi connectivity index (χ0) is 18.7. The molecule has 26 heavy (non-hydrogen) atoms. The van der Waals surface area contributed by atoms with Gasteiger partial charge in [0.1, 0.15) is 0 Å². The lowest BCUT2D eigenvalue weighted by Crippen LogP contribution is -2.45. The van der Waals surface area contributed by atoms with E-state index in [9.17, 15) is 0 Å². The van der Waals surface area contributed by atoms with Gasteiger partial charge in [0, 0.05) is 51.0 Å². The summed E-state index contributed by atoms with van der Waals surface area (Å²) in [5.74, 6) is 0. The molecule has 0 bridgehead atoms. The second-order valence-corrected chi connectivity index (χ2v) is 7.60. The molecular weight excluding hydrogens is 324 g/mol. The van der Waals surface area contributed by atoms with E-state index in [1.807, 2.05) is 11.7 Å². The van der Waals surface area contributed by atoms with Crippen molar-refractivity contribution in [1.29, 1.82) is 0 Å². The summed E-state index contributed by atoms with van der Waals surface area (Å²) < 4.78 is 7.82. The minimum Gasteiger partial charge on any atom is -0.373 e. The number of hydrogen-bond donors (Lipinski definition) is 1. The van der Waals surface area contributed by atoms with Crippen molar-refractivity contribution in [2.75, 3.05) is 13.1 Å². The zero-order valence-corrected chi connectivity index (χ0v) is 16.7.